The minimum Gasteiger partial charge on any atom is -0.446 e. The first-order valence-electron chi connectivity index (χ1n) is 8.53. The van der Waals surface area contributed by atoms with Gasteiger partial charge < -0.3 is 9.32 Å². The summed E-state index contributed by atoms with van der Waals surface area (Å²) < 4.78 is 5.56. The summed E-state index contributed by atoms with van der Waals surface area (Å²) in [7, 11) is 0. The van der Waals surface area contributed by atoms with Crippen molar-refractivity contribution in [3.05, 3.63) is 90.0 Å². The first-order valence-corrected chi connectivity index (χ1v) is 8.53. The molecule has 0 aliphatic carbocycles. The van der Waals surface area contributed by atoms with Gasteiger partial charge in [-0.2, -0.15) is 5.10 Å². The fraction of sp³-hybridized carbons (Fsp3) is 0.100. The molecule has 7 heteroatoms. The highest BCUT2D eigenvalue weighted by Gasteiger charge is 2.37. The smallest absolute Gasteiger partial charge is 0.255 e. The lowest BCUT2D eigenvalue weighted by Crippen LogP contribution is -2.30. The Hall–Kier alpha value is -3.74. The zero-order chi connectivity index (χ0) is 18.2. The average Bonchev–Trinajstić information content (AvgIpc) is 3.47. The molecule has 4 heterocycles. The van der Waals surface area contributed by atoms with Crippen LogP contribution in [-0.4, -0.2) is 31.0 Å². The number of H-pyrrole nitrogens is 1. The predicted octanol–water partition coefficient (Wildman–Crippen LogP) is 3.21. The predicted molar refractivity (Wildman–Crippen MR) is 96.5 cm³/mol. The highest BCUT2D eigenvalue weighted by atomic mass is 16.3. The van der Waals surface area contributed by atoms with Gasteiger partial charge in [0.05, 0.1) is 11.9 Å². The molecule has 1 aromatic carbocycles. The van der Waals surface area contributed by atoms with Gasteiger partial charge in [0.2, 0.25) is 0 Å². The fourth-order valence-corrected chi connectivity index (χ4v) is 3.55. The summed E-state index contributed by atoms with van der Waals surface area (Å²) >= 11 is 0. The monoisotopic (exact) mass is 357 g/mol. The first kappa shape index (κ1) is 15.5. The molecular weight excluding hydrogens is 342 g/mol. The highest BCUT2D eigenvalue weighted by molar-refractivity contribution is 5.95. The Morgan fingerprint density at radius 2 is 2.00 bits per heavy atom. The average molecular weight is 357 g/mol. The third-order valence-electron chi connectivity index (χ3n) is 4.81. The number of amides is 1. The SMILES string of the molecule is O=C(c1ccncc1)N1Cc2cc(-c3ccn[nH]3)ccc2C1c1cnco1. The van der Waals surface area contributed by atoms with Crippen LogP contribution in [-0.2, 0) is 6.54 Å². The minimum absolute atomic E-state index is 0.0712. The number of nitrogens with one attached hydrogen (secondary N) is 1. The number of pyridine rings is 1. The van der Waals surface area contributed by atoms with E-state index in [0.29, 0.717) is 17.9 Å². The van der Waals surface area contributed by atoms with E-state index in [9.17, 15) is 4.79 Å². The summed E-state index contributed by atoms with van der Waals surface area (Å²) in [6.07, 6.45) is 8.02. The van der Waals surface area contributed by atoms with Crippen LogP contribution in [0.25, 0.3) is 11.3 Å². The van der Waals surface area contributed by atoms with Crippen molar-refractivity contribution in [3.8, 4) is 11.3 Å². The Morgan fingerprint density at radius 1 is 1.11 bits per heavy atom. The lowest BCUT2D eigenvalue weighted by atomic mass is 9.99. The molecule has 1 aliphatic heterocycles. The Bertz CT molecular complexity index is 1080. The van der Waals surface area contributed by atoms with E-state index in [0.717, 1.165) is 22.4 Å². The second-order valence-corrected chi connectivity index (χ2v) is 6.36. The molecule has 0 saturated heterocycles. The topological polar surface area (TPSA) is 87.9 Å². The Balaban J connectivity index is 1.58. The van der Waals surface area contributed by atoms with Crippen molar-refractivity contribution in [3.63, 3.8) is 0 Å². The summed E-state index contributed by atoms with van der Waals surface area (Å²) in [5.74, 6) is 0.573. The van der Waals surface area contributed by atoms with Crippen LogP contribution >= 0.6 is 0 Å². The molecule has 0 spiro atoms. The van der Waals surface area contributed by atoms with Gasteiger partial charge in [0.1, 0.15) is 6.04 Å². The van der Waals surface area contributed by atoms with Gasteiger partial charge in [-0.3, -0.25) is 14.9 Å². The number of carbonyl (C=O) groups is 1. The number of benzene rings is 1. The van der Waals surface area contributed by atoms with Crippen LogP contribution in [0.2, 0.25) is 0 Å². The summed E-state index contributed by atoms with van der Waals surface area (Å²) in [6.45, 7) is 0.490. The van der Waals surface area contributed by atoms with E-state index in [1.807, 2.05) is 18.2 Å². The molecule has 132 valence electrons. The number of carbonyl (C=O) groups excluding carboxylic acids is 1. The third-order valence-corrected chi connectivity index (χ3v) is 4.81. The van der Waals surface area contributed by atoms with Crippen molar-refractivity contribution in [1.29, 1.82) is 0 Å². The summed E-state index contributed by atoms with van der Waals surface area (Å²) in [5.41, 5.74) is 4.67. The molecule has 1 atom stereocenters. The van der Waals surface area contributed by atoms with Gasteiger partial charge in [-0.1, -0.05) is 12.1 Å². The molecule has 1 aliphatic rings. The van der Waals surface area contributed by atoms with Crippen LogP contribution in [0.1, 0.15) is 33.3 Å². The Kier molecular flexibility index (Phi) is 3.57. The summed E-state index contributed by atoms with van der Waals surface area (Å²) in [6, 6.07) is 11.2. The van der Waals surface area contributed by atoms with E-state index in [-0.39, 0.29) is 11.9 Å². The number of fused-ring (bicyclic) bond motifs is 1. The van der Waals surface area contributed by atoms with Gasteiger partial charge in [0.25, 0.3) is 5.91 Å². The van der Waals surface area contributed by atoms with Crippen molar-refractivity contribution in [2.75, 3.05) is 0 Å². The number of oxazole rings is 1. The van der Waals surface area contributed by atoms with Crippen molar-refractivity contribution >= 4 is 5.91 Å². The highest BCUT2D eigenvalue weighted by Crippen LogP contribution is 2.40. The number of aromatic nitrogens is 4. The van der Waals surface area contributed by atoms with Gasteiger partial charge in [-0.05, 0) is 41.0 Å². The van der Waals surface area contributed by atoms with E-state index in [1.54, 1.807) is 41.8 Å². The molecule has 0 bridgehead atoms. The molecule has 4 aromatic rings. The fourth-order valence-electron chi connectivity index (χ4n) is 3.55. The molecular formula is C20H15N5O2. The van der Waals surface area contributed by atoms with E-state index in [1.165, 1.54) is 6.39 Å². The maximum Gasteiger partial charge on any atom is 0.255 e. The Morgan fingerprint density at radius 3 is 2.74 bits per heavy atom. The maximum atomic E-state index is 13.2. The second kappa shape index (κ2) is 6.21. The van der Waals surface area contributed by atoms with Crippen LogP contribution in [0.4, 0.5) is 0 Å². The molecule has 1 unspecified atom stereocenters. The number of rotatable bonds is 3. The van der Waals surface area contributed by atoms with E-state index in [2.05, 4.69) is 26.2 Å². The largest absolute Gasteiger partial charge is 0.446 e. The molecule has 5 rings (SSSR count). The minimum atomic E-state index is -0.306. The van der Waals surface area contributed by atoms with Crippen molar-refractivity contribution in [2.45, 2.75) is 12.6 Å². The Labute approximate surface area is 154 Å². The number of hydrogen-bond acceptors (Lipinski definition) is 5. The van der Waals surface area contributed by atoms with Crippen molar-refractivity contribution in [2.24, 2.45) is 0 Å². The lowest BCUT2D eigenvalue weighted by Gasteiger charge is -2.23. The second-order valence-electron chi connectivity index (χ2n) is 6.36. The molecule has 27 heavy (non-hydrogen) atoms. The normalized spacial score (nSPS) is 15.7. The van der Waals surface area contributed by atoms with Gasteiger partial charge in [-0.25, -0.2) is 4.98 Å². The maximum absolute atomic E-state index is 13.2. The first-order chi connectivity index (χ1) is 13.3. The van der Waals surface area contributed by atoms with Crippen LogP contribution in [0.5, 0.6) is 0 Å². The standard InChI is InChI=1S/C20H15N5O2/c26-20(13-3-6-21-7-4-13)25-11-15-9-14(17-5-8-23-24-17)1-2-16(15)19(25)18-10-22-12-27-18/h1-10,12,19H,11H2,(H,23,24). The number of hydrogen-bond donors (Lipinski definition) is 1. The zero-order valence-electron chi connectivity index (χ0n) is 14.2. The van der Waals surface area contributed by atoms with Crippen LogP contribution < -0.4 is 0 Å². The van der Waals surface area contributed by atoms with Gasteiger partial charge in [-0.15, -0.1) is 0 Å². The summed E-state index contributed by atoms with van der Waals surface area (Å²) in [4.78, 5) is 23.0. The van der Waals surface area contributed by atoms with Crippen molar-refractivity contribution in [1.82, 2.24) is 25.1 Å². The van der Waals surface area contributed by atoms with Gasteiger partial charge >= 0.3 is 0 Å². The third kappa shape index (κ3) is 2.60. The molecule has 0 saturated carbocycles. The molecule has 3 aromatic heterocycles. The number of aromatic amines is 1. The van der Waals surface area contributed by atoms with E-state index < -0.39 is 0 Å². The van der Waals surface area contributed by atoms with Gasteiger partial charge in [0.15, 0.2) is 12.2 Å². The van der Waals surface area contributed by atoms with Crippen LogP contribution in [0, 0.1) is 0 Å². The zero-order valence-corrected chi connectivity index (χ0v) is 14.2. The molecule has 0 radical (unpaired) electrons. The van der Waals surface area contributed by atoms with Gasteiger partial charge in [0, 0.05) is 30.7 Å². The molecule has 7 nitrogen and oxygen atoms in total. The summed E-state index contributed by atoms with van der Waals surface area (Å²) in [5, 5.41) is 6.99. The molecule has 0 fully saturated rings. The lowest BCUT2D eigenvalue weighted by molar-refractivity contribution is 0.0703. The quantitative estimate of drug-likeness (QED) is 0.608. The van der Waals surface area contributed by atoms with Crippen LogP contribution in [0.3, 0.4) is 0 Å². The van der Waals surface area contributed by atoms with E-state index in [4.69, 9.17) is 4.42 Å². The van der Waals surface area contributed by atoms with Crippen molar-refractivity contribution < 1.29 is 9.21 Å². The molecule has 1 N–H and O–H groups in total. The number of nitrogens with zero attached hydrogens (tertiary/aromatic N) is 4. The van der Waals surface area contributed by atoms with E-state index >= 15 is 0 Å². The molecule has 1 amide bonds. The van der Waals surface area contributed by atoms with Crippen LogP contribution in [0.15, 0.2) is 72.0 Å².